The van der Waals surface area contributed by atoms with Gasteiger partial charge in [-0.25, -0.2) is 0 Å². The van der Waals surface area contributed by atoms with Crippen LogP contribution in [0.3, 0.4) is 0 Å². The summed E-state index contributed by atoms with van der Waals surface area (Å²) in [4.78, 5) is 28.0. The summed E-state index contributed by atoms with van der Waals surface area (Å²) >= 11 is 0. The Morgan fingerprint density at radius 2 is 1.66 bits per heavy atom. The van der Waals surface area contributed by atoms with Crippen molar-refractivity contribution in [2.45, 2.75) is 32.2 Å². The van der Waals surface area contributed by atoms with Gasteiger partial charge in [-0.3, -0.25) is 9.59 Å². The molecule has 0 radical (unpaired) electrons. The molecule has 0 unspecified atom stereocenters. The van der Waals surface area contributed by atoms with E-state index in [1.165, 1.54) is 0 Å². The Bertz CT molecular complexity index is 1490. The van der Waals surface area contributed by atoms with Gasteiger partial charge in [0, 0.05) is 30.8 Å². The molecule has 0 saturated carbocycles. The van der Waals surface area contributed by atoms with E-state index >= 15 is 0 Å². The van der Waals surface area contributed by atoms with Crippen molar-refractivity contribution < 1.29 is 9.59 Å². The molecule has 38 heavy (non-hydrogen) atoms. The van der Waals surface area contributed by atoms with Gasteiger partial charge in [-0.2, -0.15) is 5.26 Å². The Balaban J connectivity index is 1.24. The molecule has 1 aliphatic heterocycles. The van der Waals surface area contributed by atoms with Crippen molar-refractivity contribution in [3.05, 3.63) is 125 Å². The molecule has 1 N–H and O–H groups in total. The first-order valence-electron chi connectivity index (χ1n) is 13.0. The number of nitriles is 1. The minimum atomic E-state index is -0.125. The normalized spacial score (nSPS) is 12.3. The third-order valence-electron chi connectivity index (χ3n) is 7.01. The monoisotopic (exact) mass is 499 g/mol. The lowest BCUT2D eigenvalue weighted by atomic mass is 9.97. The zero-order valence-electron chi connectivity index (χ0n) is 21.2. The lowest BCUT2D eigenvalue weighted by molar-refractivity contribution is -0.118. The highest BCUT2D eigenvalue weighted by molar-refractivity contribution is 5.98. The molecule has 4 aromatic carbocycles. The number of nitrogens with zero attached hydrogens (tertiary/aromatic N) is 2. The first kappa shape index (κ1) is 25.0. The number of hydrogen-bond acceptors (Lipinski definition) is 3. The van der Waals surface area contributed by atoms with Crippen LogP contribution in [0.4, 0.5) is 5.69 Å². The van der Waals surface area contributed by atoms with Crippen molar-refractivity contribution in [1.29, 1.82) is 5.26 Å². The number of nitrogens with one attached hydrogen (secondary N) is 1. The predicted molar refractivity (Wildman–Crippen MR) is 150 cm³/mol. The smallest absolute Gasteiger partial charge is 0.251 e. The van der Waals surface area contributed by atoms with E-state index in [0.717, 1.165) is 46.3 Å². The number of fused-ring (bicyclic) bond motifs is 1. The van der Waals surface area contributed by atoms with Crippen LogP contribution in [0.25, 0.3) is 11.1 Å². The number of rotatable bonds is 7. The fraction of sp³-hybridized carbons (Fsp3) is 0.182. The molecule has 1 aliphatic rings. The zero-order chi connectivity index (χ0) is 26.3. The minimum Gasteiger partial charge on any atom is -0.348 e. The minimum absolute atomic E-state index is 0.0741. The van der Waals surface area contributed by atoms with Gasteiger partial charge in [-0.1, -0.05) is 66.7 Å². The molecule has 188 valence electrons. The van der Waals surface area contributed by atoms with E-state index in [2.05, 4.69) is 29.6 Å². The van der Waals surface area contributed by atoms with Crippen LogP contribution in [0.15, 0.2) is 97.1 Å². The molecule has 5 rings (SSSR count). The van der Waals surface area contributed by atoms with E-state index in [-0.39, 0.29) is 11.8 Å². The SMILES string of the molecule is N#Cc1ccc(CCC(=O)N2CCCc3cc(C(=O)NCc4ccccc4-c4ccccc4)ccc32)cc1. The summed E-state index contributed by atoms with van der Waals surface area (Å²) in [5, 5.41) is 12.0. The standard InChI is InChI=1S/C33H29N3O2/c34-22-25-14-12-24(13-15-25)16-19-32(37)36-20-6-10-27-21-28(17-18-31(27)36)33(38)35-23-29-9-4-5-11-30(29)26-7-2-1-3-8-26/h1-5,7-9,11-15,17-18,21H,6,10,16,19-20,23H2,(H,35,38). The molecule has 0 aromatic heterocycles. The molecular formula is C33H29N3O2. The molecule has 0 aliphatic carbocycles. The second-order valence-electron chi connectivity index (χ2n) is 9.51. The lowest BCUT2D eigenvalue weighted by Crippen LogP contribution is -2.35. The predicted octanol–water partition coefficient (Wildman–Crippen LogP) is 6.07. The Hall–Kier alpha value is -4.69. The van der Waals surface area contributed by atoms with Crippen molar-refractivity contribution in [3.63, 3.8) is 0 Å². The van der Waals surface area contributed by atoms with Crippen molar-refractivity contribution >= 4 is 17.5 Å². The van der Waals surface area contributed by atoms with E-state index in [1.807, 2.05) is 71.6 Å². The molecule has 1 heterocycles. The van der Waals surface area contributed by atoms with E-state index in [4.69, 9.17) is 5.26 Å². The van der Waals surface area contributed by atoms with Gasteiger partial charge in [0.05, 0.1) is 11.6 Å². The van der Waals surface area contributed by atoms with Gasteiger partial charge in [0.1, 0.15) is 0 Å². The number of anilines is 1. The van der Waals surface area contributed by atoms with Gasteiger partial charge in [0.25, 0.3) is 5.91 Å². The molecule has 4 aromatic rings. The van der Waals surface area contributed by atoms with Gasteiger partial charge in [0.15, 0.2) is 0 Å². The topological polar surface area (TPSA) is 73.2 Å². The summed E-state index contributed by atoms with van der Waals surface area (Å²) in [6.07, 6.45) is 2.73. The zero-order valence-corrected chi connectivity index (χ0v) is 21.2. The van der Waals surface area contributed by atoms with E-state index in [9.17, 15) is 9.59 Å². The van der Waals surface area contributed by atoms with Crippen molar-refractivity contribution in [2.24, 2.45) is 0 Å². The molecule has 5 nitrogen and oxygen atoms in total. The Morgan fingerprint density at radius 3 is 2.45 bits per heavy atom. The highest BCUT2D eigenvalue weighted by atomic mass is 16.2. The maximum atomic E-state index is 13.1. The molecule has 0 saturated heterocycles. The number of hydrogen-bond donors (Lipinski definition) is 1. The fourth-order valence-corrected chi connectivity index (χ4v) is 4.98. The number of carbonyl (C=O) groups excluding carboxylic acids is 2. The van der Waals surface area contributed by atoms with Crippen molar-refractivity contribution in [3.8, 4) is 17.2 Å². The summed E-state index contributed by atoms with van der Waals surface area (Å²) < 4.78 is 0. The quantitative estimate of drug-likeness (QED) is 0.336. The van der Waals surface area contributed by atoms with E-state index in [1.54, 1.807) is 12.1 Å². The maximum absolute atomic E-state index is 13.1. The molecule has 5 heteroatoms. The van der Waals surface area contributed by atoms with Crippen LogP contribution in [0.5, 0.6) is 0 Å². The number of aryl methyl sites for hydroxylation is 2. The molecule has 0 atom stereocenters. The largest absolute Gasteiger partial charge is 0.348 e. The first-order chi connectivity index (χ1) is 18.6. The van der Waals surface area contributed by atoms with Crippen LogP contribution in [0.1, 0.15) is 45.5 Å². The molecule has 0 spiro atoms. The second kappa shape index (κ2) is 11.6. The molecule has 2 amide bonds. The van der Waals surface area contributed by atoms with Gasteiger partial charge in [-0.15, -0.1) is 0 Å². The summed E-state index contributed by atoms with van der Waals surface area (Å²) in [7, 11) is 0. The molecule has 0 bridgehead atoms. The molecule has 0 fully saturated rings. The molecular weight excluding hydrogens is 470 g/mol. The summed E-state index contributed by atoms with van der Waals surface area (Å²) in [6.45, 7) is 1.11. The second-order valence-corrected chi connectivity index (χ2v) is 9.51. The van der Waals surface area contributed by atoms with Gasteiger partial charge < -0.3 is 10.2 Å². The van der Waals surface area contributed by atoms with Crippen LogP contribution in [0, 0.1) is 11.3 Å². The van der Waals surface area contributed by atoms with Crippen LogP contribution in [0.2, 0.25) is 0 Å². The average molecular weight is 500 g/mol. The van der Waals surface area contributed by atoms with Crippen molar-refractivity contribution in [1.82, 2.24) is 5.32 Å². The number of amides is 2. The van der Waals surface area contributed by atoms with Crippen LogP contribution in [-0.2, 0) is 24.2 Å². The number of carbonyl (C=O) groups is 2. The van der Waals surface area contributed by atoms with E-state index in [0.29, 0.717) is 37.1 Å². The summed E-state index contributed by atoms with van der Waals surface area (Å²) in [6, 6.07) is 33.4. The maximum Gasteiger partial charge on any atom is 0.251 e. The Morgan fingerprint density at radius 1 is 0.895 bits per heavy atom. The van der Waals surface area contributed by atoms with Gasteiger partial charge in [0.2, 0.25) is 5.91 Å². The third-order valence-corrected chi connectivity index (χ3v) is 7.01. The lowest BCUT2D eigenvalue weighted by Gasteiger charge is -2.30. The van der Waals surface area contributed by atoms with Crippen LogP contribution in [-0.4, -0.2) is 18.4 Å². The fourth-order valence-electron chi connectivity index (χ4n) is 4.98. The number of benzene rings is 4. The Labute approximate surface area is 223 Å². The van der Waals surface area contributed by atoms with Crippen molar-refractivity contribution in [2.75, 3.05) is 11.4 Å². The first-order valence-corrected chi connectivity index (χ1v) is 13.0. The van der Waals surface area contributed by atoms with Gasteiger partial charge >= 0.3 is 0 Å². The highest BCUT2D eigenvalue weighted by Gasteiger charge is 2.23. The average Bonchev–Trinajstić information content (AvgIpc) is 2.99. The van der Waals surface area contributed by atoms with Crippen LogP contribution >= 0.6 is 0 Å². The van der Waals surface area contributed by atoms with Gasteiger partial charge in [-0.05, 0) is 77.4 Å². The summed E-state index contributed by atoms with van der Waals surface area (Å²) in [5.74, 6) is -0.0510. The van der Waals surface area contributed by atoms with E-state index < -0.39 is 0 Å². The third kappa shape index (κ3) is 5.66. The summed E-state index contributed by atoms with van der Waals surface area (Å²) in [5.41, 5.74) is 7.47. The Kier molecular flexibility index (Phi) is 7.61. The van der Waals surface area contributed by atoms with Crippen LogP contribution < -0.4 is 10.2 Å². The highest BCUT2D eigenvalue weighted by Crippen LogP contribution is 2.29.